The zero-order valence-corrected chi connectivity index (χ0v) is 18.7. The van der Waals surface area contributed by atoms with Crippen LogP contribution < -0.4 is 10.2 Å². The van der Waals surface area contributed by atoms with Crippen LogP contribution in [0.3, 0.4) is 0 Å². The maximum absolute atomic E-state index is 13.6. The summed E-state index contributed by atoms with van der Waals surface area (Å²) in [7, 11) is 0. The van der Waals surface area contributed by atoms with Gasteiger partial charge in [0.2, 0.25) is 5.76 Å². The van der Waals surface area contributed by atoms with Gasteiger partial charge >= 0.3 is 0 Å². The molecule has 0 N–H and O–H groups in total. The third kappa shape index (κ3) is 3.82. The molecule has 2 aromatic carbocycles. The molecule has 5 rings (SSSR count). The van der Waals surface area contributed by atoms with Crippen molar-refractivity contribution < 1.29 is 18.4 Å². The first-order valence-electron chi connectivity index (χ1n) is 11.2. The lowest BCUT2D eigenvalue weighted by Crippen LogP contribution is -2.29. The number of furan rings is 1. The molecule has 1 aliphatic heterocycles. The van der Waals surface area contributed by atoms with Gasteiger partial charge in [-0.1, -0.05) is 37.1 Å². The second-order valence-corrected chi connectivity index (χ2v) is 8.36. The highest BCUT2D eigenvalue weighted by molar-refractivity contribution is 5.99. The molecule has 0 aliphatic carbocycles. The van der Waals surface area contributed by atoms with Crippen molar-refractivity contribution in [1.82, 2.24) is 4.90 Å². The number of benzene rings is 2. The minimum Gasteiger partial charge on any atom is -0.494 e. The summed E-state index contributed by atoms with van der Waals surface area (Å²) in [4.78, 5) is 28.7. The van der Waals surface area contributed by atoms with Crippen LogP contribution in [0.2, 0.25) is 0 Å². The maximum Gasteiger partial charge on any atom is 0.291 e. The number of ether oxygens (including phenoxy) is 1. The van der Waals surface area contributed by atoms with Crippen molar-refractivity contribution in [2.45, 2.75) is 39.3 Å². The molecule has 0 bridgehead atoms. The molecule has 6 heteroatoms. The molecule has 168 valence electrons. The van der Waals surface area contributed by atoms with Crippen molar-refractivity contribution >= 4 is 16.9 Å². The van der Waals surface area contributed by atoms with Crippen molar-refractivity contribution in [3.63, 3.8) is 0 Å². The minimum atomic E-state index is -0.580. The third-order valence-electron chi connectivity index (χ3n) is 5.99. The van der Waals surface area contributed by atoms with E-state index >= 15 is 0 Å². The summed E-state index contributed by atoms with van der Waals surface area (Å²) in [5.74, 6) is 1.16. The van der Waals surface area contributed by atoms with E-state index < -0.39 is 6.04 Å². The lowest BCUT2D eigenvalue weighted by atomic mass is 9.98. The molecule has 0 spiro atoms. The van der Waals surface area contributed by atoms with Crippen LogP contribution >= 0.6 is 0 Å². The number of rotatable bonds is 7. The monoisotopic (exact) mass is 443 g/mol. The van der Waals surface area contributed by atoms with Gasteiger partial charge in [0, 0.05) is 0 Å². The van der Waals surface area contributed by atoms with Crippen LogP contribution in [0.1, 0.15) is 58.8 Å². The Morgan fingerprint density at radius 3 is 2.61 bits per heavy atom. The van der Waals surface area contributed by atoms with E-state index in [2.05, 4.69) is 6.92 Å². The highest BCUT2D eigenvalue weighted by Crippen LogP contribution is 2.39. The van der Waals surface area contributed by atoms with Crippen LogP contribution in [0, 0.1) is 6.92 Å². The number of unbranched alkanes of at least 4 members (excludes halogenated alkanes) is 1. The molecule has 2 aromatic heterocycles. The number of amides is 1. The number of nitrogens with zero attached hydrogens (tertiary/aromatic N) is 1. The topological polar surface area (TPSA) is 72.9 Å². The summed E-state index contributed by atoms with van der Waals surface area (Å²) in [6, 6.07) is 16.0. The van der Waals surface area contributed by atoms with Gasteiger partial charge in [-0.3, -0.25) is 9.59 Å². The Balaban J connectivity index is 1.61. The van der Waals surface area contributed by atoms with Crippen molar-refractivity contribution in [1.29, 1.82) is 0 Å². The van der Waals surface area contributed by atoms with E-state index in [9.17, 15) is 9.59 Å². The van der Waals surface area contributed by atoms with E-state index in [-0.39, 0.29) is 23.6 Å². The molecule has 1 unspecified atom stereocenters. The molecule has 0 radical (unpaired) electrons. The molecule has 0 saturated carbocycles. The van der Waals surface area contributed by atoms with E-state index in [1.165, 1.54) is 0 Å². The fourth-order valence-electron chi connectivity index (χ4n) is 4.29. The van der Waals surface area contributed by atoms with Crippen molar-refractivity contribution in [2.75, 3.05) is 6.61 Å². The highest BCUT2D eigenvalue weighted by atomic mass is 16.5. The number of hydrogen-bond acceptors (Lipinski definition) is 5. The summed E-state index contributed by atoms with van der Waals surface area (Å²) < 4.78 is 17.3. The Kier molecular flexibility index (Phi) is 5.50. The fraction of sp³-hybridized carbons (Fsp3) is 0.259. The quantitative estimate of drug-likeness (QED) is 0.347. The van der Waals surface area contributed by atoms with E-state index in [0.717, 1.165) is 29.7 Å². The van der Waals surface area contributed by atoms with E-state index in [1.54, 1.807) is 23.3 Å². The number of carbonyl (C=O) groups excluding carboxylic acids is 1. The van der Waals surface area contributed by atoms with Crippen molar-refractivity contribution in [2.24, 2.45) is 0 Å². The highest BCUT2D eigenvalue weighted by Gasteiger charge is 2.43. The first-order valence-corrected chi connectivity index (χ1v) is 11.2. The lowest BCUT2D eigenvalue weighted by molar-refractivity contribution is 0.0701. The number of carbonyl (C=O) groups is 1. The van der Waals surface area contributed by atoms with Gasteiger partial charge in [-0.25, -0.2) is 0 Å². The Labute approximate surface area is 191 Å². The summed E-state index contributed by atoms with van der Waals surface area (Å²) >= 11 is 0. The summed E-state index contributed by atoms with van der Waals surface area (Å²) in [5, 5.41) is 0.478. The van der Waals surface area contributed by atoms with Crippen LogP contribution in [0.4, 0.5) is 0 Å². The zero-order valence-electron chi connectivity index (χ0n) is 18.7. The largest absolute Gasteiger partial charge is 0.494 e. The zero-order chi connectivity index (χ0) is 22.9. The molecule has 1 aliphatic rings. The molecular weight excluding hydrogens is 418 g/mol. The predicted octanol–water partition coefficient (Wildman–Crippen LogP) is 5.62. The van der Waals surface area contributed by atoms with Gasteiger partial charge in [0.25, 0.3) is 5.91 Å². The van der Waals surface area contributed by atoms with E-state index in [1.807, 2.05) is 49.4 Å². The molecule has 33 heavy (non-hydrogen) atoms. The molecule has 0 fully saturated rings. The van der Waals surface area contributed by atoms with E-state index in [0.29, 0.717) is 28.9 Å². The van der Waals surface area contributed by atoms with Gasteiger partial charge in [0.1, 0.15) is 17.1 Å². The van der Waals surface area contributed by atoms with Crippen LogP contribution in [0.15, 0.2) is 74.5 Å². The van der Waals surface area contributed by atoms with Crippen molar-refractivity contribution in [3.8, 4) is 5.75 Å². The van der Waals surface area contributed by atoms with Gasteiger partial charge in [0.15, 0.2) is 5.43 Å². The average molecular weight is 443 g/mol. The van der Waals surface area contributed by atoms with E-state index in [4.69, 9.17) is 13.6 Å². The predicted molar refractivity (Wildman–Crippen MR) is 124 cm³/mol. The smallest absolute Gasteiger partial charge is 0.291 e. The third-order valence-corrected chi connectivity index (χ3v) is 5.99. The molecular formula is C27H25NO5. The molecule has 1 amide bonds. The number of fused-ring (bicyclic) bond motifs is 2. The Morgan fingerprint density at radius 2 is 1.88 bits per heavy atom. The van der Waals surface area contributed by atoms with Gasteiger partial charge < -0.3 is 18.5 Å². The van der Waals surface area contributed by atoms with Crippen LogP contribution in [0.5, 0.6) is 5.75 Å². The molecule has 1 atom stereocenters. The van der Waals surface area contributed by atoms with Gasteiger partial charge in [-0.2, -0.15) is 0 Å². The average Bonchev–Trinajstić information content (AvgIpc) is 3.43. The molecule has 6 nitrogen and oxygen atoms in total. The fourth-order valence-corrected chi connectivity index (χ4v) is 4.29. The first kappa shape index (κ1) is 21.1. The van der Waals surface area contributed by atoms with Crippen molar-refractivity contribution in [3.05, 3.63) is 99.3 Å². The summed E-state index contributed by atoms with van der Waals surface area (Å²) in [6.45, 7) is 4.92. The summed E-state index contributed by atoms with van der Waals surface area (Å²) in [5.41, 5.74) is 2.37. The van der Waals surface area contributed by atoms with Crippen LogP contribution in [-0.4, -0.2) is 17.4 Å². The molecule has 3 heterocycles. The number of aryl methyl sites for hydroxylation is 1. The number of hydrogen-bond donors (Lipinski definition) is 0. The second-order valence-electron chi connectivity index (χ2n) is 8.36. The molecule has 4 aromatic rings. The summed E-state index contributed by atoms with van der Waals surface area (Å²) in [6.07, 6.45) is 3.61. The van der Waals surface area contributed by atoms with Crippen LogP contribution in [-0.2, 0) is 6.54 Å². The molecule has 0 saturated heterocycles. The Morgan fingerprint density at radius 1 is 1.06 bits per heavy atom. The van der Waals surface area contributed by atoms with Gasteiger partial charge in [-0.05, 0) is 55.3 Å². The standard InChI is InChI=1S/C27H25NO5/c1-3-4-13-31-19-10-8-18(9-11-19)24-23-25(29)21-15-17(2)7-12-22(21)33-26(23)27(30)28(24)16-20-6-5-14-32-20/h5-12,14-15,24H,3-4,13,16H2,1-2H3. The maximum atomic E-state index is 13.6. The normalized spacial score (nSPS) is 15.3. The lowest BCUT2D eigenvalue weighted by Gasteiger charge is -2.24. The Bertz CT molecular complexity index is 1350. The Hall–Kier alpha value is -3.80. The second kappa shape index (κ2) is 8.62. The van der Waals surface area contributed by atoms with Crippen LogP contribution in [0.25, 0.3) is 11.0 Å². The van der Waals surface area contributed by atoms with Gasteiger partial charge in [-0.15, -0.1) is 0 Å². The SMILES string of the molecule is CCCCOc1ccc(C2c3c(oc4ccc(C)cc4c3=O)C(=O)N2Cc2ccco2)cc1. The first-order chi connectivity index (χ1) is 16.1. The minimum absolute atomic E-state index is 0.0937. The van der Waals surface area contributed by atoms with Gasteiger partial charge in [0.05, 0.1) is 36.4 Å².